The number of aliphatic hydroxyl groups excluding tert-OH is 1. The molecule has 0 aliphatic heterocycles. The number of allylic oxidation sites excluding steroid dienone is 27. The molecule has 512 valence electrons. The maximum absolute atomic E-state index is 13.0. The maximum atomic E-state index is 13.0. The molecule has 0 saturated carbocycles. The van der Waals surface area contributed by atoms with Gasteiger partial charge in [-0.05, 0) is 122 Å². The van der Waals surface area contributed by atoms with Crippen molar-refractivity contribution in [2.24, 2.45) is 0 Å². The number of phosphoric ester groups is 1. The monoisotopic (exact) mass is 1270 g/mol. The van der Waals surface area contributed by atoms with E-state index in [9.17, 15) is 19.4 Å². The van der Waals surface area contributed by atoms with Gasteiger partial charge in [0.2, 0.25) is 5.91 Å². The summed E-state index contributed by atoms with van der Waals surface area (Å²) in [6.07, 6.45) is 109. The van der Waals surface area contributed by atoms with E-state index in [0.29, 0.717) is 17.4 Å². The van der Waals surface area contributed by atoms with Crippen LogP contribution in [0, 0.1) is 0 Å². The Balaban J connectivity index is 4.23. The summed E-state index contributed by atoms with van der Waals surface area (Å²) in [5, 5.41) is 14.0. The van der Waals surface area contributed by atoms with Crippen LogP contribution in [0.15, 0.2) is 170 Å². The van der Waals surface area contributed by atoms with E-state index in [0.717, 1.165) is 128 Å². The molecule has 3 atom stereocenters. The van der Waals surface area contributed by atoms with Crippen molar-refractivity contribution in [1.29, 1.82) is 0 Å². The molecule has 0 radical (unpaired) electrons. The highest BCUT2D eigenvalue weighted by Crippen LogP contribution is 2.43. The summed E-state index contributed by atoms with van der Waals surface area (Å²) in [5.74, 6) is -0.216. The number of nitrogens with zero attached hydrogens (tertiary/aromatic N) is 1. The van der Waals surface area contributed by atoms with Gasteiger partial charge in [0.15, 0.2) is 0 Å². The van der Waals surface area contributed by atoms with Crippen LogP contribution in [0.3, 0.4) is 0 Å². The number of quaternary nitrogens is 1. The number of hydrogen-bond acceptors (Lipinski definition) is 5. The molecule has 0 aromatic rings. The first-order chi connectivity index (χ1) is 44.0. The lowest BCUT2D eigenvalue weighted by molar-refractivity contribution is -0.870. The molecule has 3 unspecified atom stereocenters. The van der Waals surface area contributed by atoms with Crippen molar-refractivity contribution in [1.82, 2.24) is 5.32 Å². The van der Waals surface area contributed by atoms with E-state index in [1.54, 1.807) is 6.08 Å². The van der Waals surface area contributed by atoms with Crippen LogP contribution < -0.4 is 5.32 Å². The summed E-state index contributed by atoms with van der Waals surface area (Å²) < 4.78 is 23.8. The number of rotatable bonds is 65. The lowest BCUT2D eigenvalue weighted by atomic mass is 10.0. The highest BCUT2D eigenvalue weighted by Gasteiger charge is 2.28. The molecule has 9 heteroatoms. The molecular formula is C81H138N2O6P+. The second kappa shape index (κ2) is 69.2. The quantitative estimate of drug-likeness (QED) is 0.0243. The molecule has 90 heavy (non-hydrogen) atoms. The van der Waals surface area contributed by atoms with Gasteiger partial charge in [0.1, 0.15) is 13.2 Å². The predicted molar refractivity (Wildman–Crippen MR) is 396 cm³/mol. The lowest BCUT2D eigenvalue weighted by Gasteiger charge is -2.25. The number of amides is 1. The van der Waals surface area contributed by atoms with Crippen molar-refractivity contribution >= 4 is 13.7 Å². The fourth-order valence-electron chi connectivity index (χ4n) is 9.81. The molecule has 3 N–H and O–H groups in total. The number of aliphatic hydroxyl groups is 1. The standard InChI is InChI=1S/C81H137N2O6P/c1-6-8-10-12-14-16-18-20-22-24-26-28-30-32-34-35-36-37-38-39-40-41-42-43-44-45-46-47-49-51-53-55-57-59-61-63-65-67-69-71-73-75-81(85)82-79(78-89-90(86,87)88-77-76-83(3,4)5)80(84)74-72-70-68-66-64-62-60-58-56-54-52-50-48-33-31-29-27-25-23-21-19-17-15-13-11-9-7-2/h8,10,14,16,20,22,26,28,32,34,36-37,39-40,42-43,45-46,49,51,55,57,61,63-64,66,72,74,79-80,84H,6-7,9,11-13,15,17-19,21,23-25,27,29-31,33,35,38,41,44,47-48,50,52-54,56,58-60,62,65,67-71,73,75-78H2,1-5H3,(H-,82,85,86,87)/p+1/b10-8-,16-14-,22-20-,28-26-,34-32-,37-36-,40-39-,43-42-,46-45-,51-49-,57-55-,63-61-,66-64+,74-72+. The summed E-state index contributed by atoms with van der Waals surface area (Å²) in [7, 11) is 1.52. The summed E-state index contributed by atoms with van der Waals surface area (Å²) in [4.78, 5) is 23.4. The highest BCUT2D eigenvalue weighted by atomic mass is 31.2. The number of hydrogen-bond donors (Lipinski definition) is 3. The molecule has 0 saturated heterocycles. The van der Waals surface area contributed by atoms with Crippen molar-refractivity contribution < 1.29 is 32.9 Å². The first-order valence-electron chi connectivity index (χ1n) is 36.5. The Hall–Kier alpha value is -4.14. The van der Waals surface area contributed by atoms with E-state index in [1.807, 2.05) is 27.2 Å². The number of carbonyl (C=O) groups is 1. The topological polar surface area (TPSA) is 105 Å². The Bertz CT molecular complexity index is 2080. The van der Waals surface area contributed by atoms with Gasteiger partial charge >= 0.3 is 7.82 Å². The van der Waals surface area contributed by atoms with Crippen molar-refractivity contribution in [2.45, 2.75) is 296 Å². The minimum Gasteiger partial charge on any atom is -0.387 e. The summed E-state index contributed by atoms with van der Waals surface area (Å²) in [5.41, 5.74) is 0. The zero-order valence-corrected chi connectivity index (χ0v) is 59.5. The van der Waals surface area contributed by atoms with Gasteiger partial charge in [0.25, 0.3) is 0 Å². The fourth-order valence-corrected chi connectivity index (χ4v) is 10.5. The Labute approximate surface area is 555 Å². The van der Waals surface area contributed by atoms with Crippen molar-refractivity contribution in [3.05, 3.63) is 170 Å². The number of phosphoric acid groups is 1. The Morgan fingerprint density at radius 3 is 1.02 bits per heavy atom. The van der Waals surface area contributed by atoms with Crippen LogP contribution in [-0.2, 0) is 18.4 Å². The van der Waals surface area contributed by atoms with Gasteiger partial charge in [-0.15, -0.1) is 0 Å². The average Bonchev–Trinajstić information content (AvgIpc) is 3.09. The van der Waals surface area contributed by atoms with Crippen LogP contribution in [-0.4, -0.2) is 73.4 Å². The van der Waals surface area contributed by atoms with E-state index in [-0.39, 0.29) is 19.1 Å². The zero-order valence-electron chi connectivity index (χ0n) is 58.6. The summed E-state index contributed by atoms with van der Waals surface area (Å²) in [6.45, 7) is 4.67. The third-order valence-electron chi connectivity index (χ3n) is 15.4. The first-order valence-corrected chi connectivity index (χ1v) is 38.0. The Morgan fingerprint density at radius 1 is 0.389 bits per heavy atom. The minimum absolute atomic E-state index is 0.0421. The third kappa shape index (κ3) is 71.3. The van der Waals surface area contributed by atoms with Gasteiger partial charge < -0.3 is 19.8 Å². The lowest BCUT2D eigenvalue weighted by Crippen LogP contribution is -2.45. The van der Waals surface area contributed by atoms with Crippen LogP contribution in [0.2, 0.25) is 0 Å². The molecule has 0 aliphatic rings. The molecule has 0 heterocycles. The van der Waals surface area contributed by atoms with E-state index in [4.69, 9.17) is 9.05 Å². The third-order valence-corrected chi connectivity index (χ3v) is 16.4. The molecule has 0 bridgehead atoms. The smallest absolute Gasteiger partial charge is 0.387 e. The first kappa shape index (κ1) is 85.9. The van der Waals surface area contributed by atoms with Crippen LogP contribution in [0.5, 0.6) is 0 Å². The van der Waals surface area contributed by atoms with Crippen LogP contribution in [0.1, 0.15) is 284 Å². The molecule has 0 spiro atoms. The van der Waals surface area contributed by atoms with Gasteiger partial charge in [-0.1, -0.05) is 325 Å². The number of nitrogens with one attached hydrogen (secondary N) is 1. The van der Waals surface area contributed by atoms with E-state index in [1.165, 1.54) is 135 Å². The normalized spacial score (nSPS) is 14.6. The van der Waals surface area contributed by atoms with Crippen molar-refractivity contribution in [3.63, 3.8) is 0 Å². The van der Waals surface area contributed by atoms with Crippen molar-refractivity contribution in [2.75, 3.05) is 40.9 Å². The van der Waals surface area contributed by atoms with Gasteiger partial charge in [0.05, 0.1) is 39.9 Å². The second-order valence-electron chi connectivity index (χ2n) is 25.2. The molecule has 1 amide bonds. The molecule has 0 rings (SSSR count). The van der Waals surface area contributed by atoms with Crippen LogP contribution >= 0.6 is 7.82 Å². The zero-order chi connectivity index (χ0) is 65.5. The molecule has 0 aromatic carbocycles. The second-order valence-corrected chi connectivity index (χ2v) is 26.7. The SMILES string of the molecule is CC/C=C\C/C=C\C/C=C\C/C=C\C/C=C\C/C=C\C/C=C\C/C=C\C/C=C\C/C=C\C/C=C\C/C=C\CCCCCCC(=O)NC(COP(=O)(O)OCC[N+](C)(C)C)C(O)/C=C/CC/C=C/CCCCCCCCCCCCCCCCCCCCCCC. The van der Waals surface area contributed by atoms with Gasteiger partial charge in [-0.3, -0.25) is 13.8 Å². The van der Waals surface area contributed by atoms with Crippen LogP contribution in [0.4, 0.5) is 0 Å². The molecule has 8 nitrogen and oxygen atoms in total. The van der Waals surface area contributed by atoms with E-state index >= 15 is 0 Å². The van der Waals surface area contributed by atoms with Crippen molar-refractivity contribution in [3.8, 4) is 0 Å². The molecule has 0 fully saturated rings. The number of unbranched alkanes of at least 4 members (excludes halogenated alkanes) is 26. The van der Waals surface area contributed by atoms with Gasteiger partial charge in [-0.25, -0.2) is 4.57 Å². The van der Waals surface area contributed by atoms with Gasteiger partial charge in [0, 0.05) is 6.42 Å². The molecule has 0 aliphatic carbocycles. The number of likely N-dealkylation sites (N-methyl/N-ethyl adjacent to an activating group) is 1. The van der Waals surface area contributed by atoms with E-state index < -0.39 is 20.0 Å². The predicted octanol–water partition coefficient (Wildman–Crippen LogP) is 23.9. The maximum Gasteiger partial charge on any atom is 0.472 e. The minimum atomic E-state index is -4.38. The van der Waals surface area contributed by atoms with Gasteiger partial charge in [-0.2, -0.15) is 0 Å². The summed E-state index contributed by atoms with van der Waals surface area (Å²) >= 11 is 0. The average molecular weight is 1270 g/mol. The Kier molecular flexibility index (Phi) is 66.0. The Morgan fingerprint density at radius 2 is 0.678 bits per heavy atom. The highest BCUT2D eigenvalue weighted by molar-refractivity contribution is 7.47. The summed E-state index contributed by atoms with van der Waals surface area (Å²) in [6, 6.07) is -0.892. The largest absolute Gasteiger partial charge is 0.472 e. The number of carbonyl (C=O) groups excluding carboxylic acids is 1. The van der Waals surface area contributed by atoms with E-state index in [2.05, 4.69) is 177 Å². The molecular weight excluding hydrogens is 1130 g/mol. The van der Waals surface area contributed by atoms with Crippen LogP contribution in [0.25, 0.3) is 0 Å². The molecule has 0 aromatic heterocycles. The fraction of sp³-hybridized carbons (Fsp3) is 0.642.